The second kappa shape index (κ2) is 9.74. The summed E-state index contributed by atoms with van der Waals surface area (Å²) in [4.78, 5) is 12.9. The lowest BCUT2D eigenvalue weighted by molar-refractivity contribution is 0.105. The fourth-order valence-electron chi connectivity index (χ4n) is 2.46. The van der Waals surface area contributed by atoms with Crippen molar-refractivity contribution in [2.45, 2.75) is 6.61 Å². The maximum atomic E-state index is 12.3. The minimum Gasteiger partial charge on any atom is -0.496 e. The average Bonchev–Trinajstić information content (AvgIpc) is 3.12. The third-order valence-corrected chi connectivity index (χ3v) is 6.38. The van der Waals surface area contributed by atoms with Gasteiger partial charge in [-0.1, -0.05) is 23.7 Å². The van der Waals surface area contributed by atoms with Gasteiger partial charge >= 0.3 is 0 Å². The average molecular weight is 543 g/mol. The van der Waals surface area contributed by atoms with Gasteiger partial charge in [-0.3, -0.25) is 4.79 Å². The Morgan fingerprint density at radius 1 is 1.14 bits per heavy atom. The zero-order valence-electron chi connectivity index (χ0n) is 14.7. The van der Waals surface area contributed by atoms with E-state index in [4.69, 9.17) is 21.1 Å². The van der Waals surface area contributed by atoms with Crippen LogP contribution in [0.15, 0.2) is 62.9 Å². The predicted molar refractivity (Wildman–Crippen MR) is 122 cm³/mol. The highest BCUT2D eigenvalue weighted by Gasteiger charge is 2.08. The van der Waals surface area contributed by atoms with Crippen molar-refractivity contribution in [2.75, 3.05) is 7.11 Å². The largest absolute Gasteiger partial charge is 0.496 e. The minimum absolute atomic E-state index is 0.0330. The van der Waals surface area contributed by atoms with Gasteiger partial charge in [-0.05, 0) is 79.9 Å². The van der Waals surface area contributed by atoms with Gasteiger partial charge in [-0.2, -0.15) is 0 Å². The van der Waals surface area contributed by atoms with E-state index in [2.05, 4.69) is 31.9 Å². The Kier molecular flexibility index (Phi) is 7.35. The Morgan fingerprint density at radius 2 is 1.93 bits per heavy atom. The standard InChI is InChI=1S/C21H15Br2ClO3S/c1-26-19-6-3-13(2-5-18(25)21-9-15(22)12-28-21)8-14(19)11-27-20-7-4-16(24)10-17(20)23/h2-10,12H,11H2,1H3/b5-2+. The molecule has 0 aliphatic rings. The van der Waals surface area contributed by atoms with Crippen LogP contribution in [0.25, 0.3) is 6.08 Å². The van der Waals surface area contributed by atoms with E-state index in [0.29, 0.717) is 22.3 Å². The first-order valence-electron chi connectivity index (χ1n) is 8.17. The number of methoxy groups -OCH3 is 1. The number of allylic oxidation sites excluding steroid dienone is 1. The first-order chi connectivity index (χ1) is 13.5. The molecule has 144 valence electrons. The molecule has 0 radical (unpaired) electrons. The Bertz CT molecular complexity index is 1030. The van der Waals surface area contributed by atoms with Crippen molar-refractivity contribution in [1.82, 2.24) is 0 Å². The SMILES string of the molecule is COc1ccc(/C=C/C(=O)c2cc(Br)cs2)cc1COc1ccc(Cl)cc1Br. The van der Waals surface area contributed by atoms with Crippen LogP contribution in [0.2, 0.25) is 5.02 Å². The van der Waals surface area contributed by atoms with Crippen molar-refractivity contribution < 1.29 is 14.3 Å². The van der Waals surface area contributed by atoms with E-state index in [1.54, 1.807) is 37.5 Å². The molecule has 3 aromatic rings. The zero-order chi connectivity index (χ0) is 20.1. The number of hydrogen-bond donors (Lipinski definition) is 0. The van der Waals surface area contributed by atoms with E-state index in [1.165, 1.54) is 11.3 Å². The summed E-state index contributed by atoms with van der Waals surface area (Å²) in [5.41, 5.74) is 1.76. The normalized spacial score (nSPS) is 11.0. The van der Waals surface area contributed by atoms with E-state index in [1.807, 2.05) is 29.6 Å². The van der Waals surface area contributed by atoms with Gasteiger partial charge in [0.1, 0.15) is 18.1 Å². The summed E-state index contributed by atoms with van der Waals surface area (Å²) in [6.07, 6.45) is 3.36. The van der Waals surface area contributed by atoms with E-state index < -0.39 is 0 Å². The molecule has 0 aliphatic heterocycles. The van der Waals surface area contributed by atoms with E-state index in [-0.39, 0.29) is 5.78 Å². The summed E-state index contributed by atoms with van der Waals surface area (Å²) in [6, 6.07) is 12.9. The number of rotatable bonds is 7. The molecule has 2 aromatic carbocycles. The fraction of sp³-hybridized carbons (Fsp3) is 0.0952. The third-order valence-electron chi connectivity index (χ3n) is 3.82. The highest BCUT2D eigenvalue weighted by molar-refractivity contribution is 9.10. The third kappa shape index (κ3) is 5.47. The zero-order valence-corrected chi connectivity index (χ0v) is 19.5. The molecule has 0 saturated heterocycles. The van der Waals surface area contributed by atoms with E-state index in [0.717, 1.165) is 25.8 Å². The van der Waals surface area contributed by atoms with Gasteiger partial charge in [0.15, 0.2) is 5.78 Å². The molecule has 0 atom stereocenters. The number of hydrogen-bond acceptors (Lipinski definition) is 4. The van der Waals surface area contributed by atoms with Gasteiger partial charge in [0.05, 0.1) is 16.5 Å². The van der Waals surface area contributed by atoms with Crippen LogP contribution in [0.3, 0.4) is 0 Å². The maximum absolute atomic E-state index is 12.3. The molecule has 0 spiro atoms. The molecule has 0 fully saturated rings. The van der Waals surface area contributed by atoms with Gasteiger partial charge in [0.2, 0.25) is 0 Å². The second-order valence-electron chi connectivity index (χ2n) is 5.76. The molecule has 3 nitrogen and oxygen atoms in total. The minimum atomic E-state index is -0.0330. The van der Waals surface area contributed by atoms with Crippen LogP contribution in [0.4, 0.5) is 0 Å². The molecule has 3 rings (SSSR count). The molecule has 7 heteroatoms. The fourth-order valence-corrected chi connectivity index (χ4v) is 4.60. The van der Waals surface area contributed by atoms with Crippen molar-refractivity contribution in [3.63, 3.8) is 0 Å². The molecule has 0 aliphatic carbocycles. The molecule has 1 heterocycles. The maximum Gasteiger partial charge on any atom is 0.195 e. The van der Waals surface area contributed by atoms with Crippen LogP contribution in [0, 0.1) is 0 Å². The number of ketones is 1. The number of ether oxygens (including phenoxy) is 2. The second-order valence-corrected chi connectivity index (χ2v) is 8.88. The van der Waals surface area contributed by atoms with Crippen LogP contribution in [0.1, 0.15) is 20.8 Å². The van der Waals surface area contributed by atoms with Crippen molar-refractivity contribution in [1.29, 1.82) is 0 Å². The lowest BCUT2D eigenvalue weighted by Gasteiger charge is -2.12. The smallest absolute Gasteiger partial charge is 0.195 e. The van der Waals surface area contributed by atoms with Crippen molar-refractivity contribution in [2.24, 2.45) is 0 Å². The molecule has 0 amide bonds. The van der Waals surface area contributed by atoms with E-state index >= 15 is 0 Å². The number of carbonyl (C=O) groups excluding carboxylic acids is 1. The van der Waals surface area contributed by atoms with Crippen molar-refractivity contribution in [3.05, 3.63) is 83.9 Å². The summed E-state index contributed by atoms with van der Waals surface area (Å²) in [6.45, 7) is 0.316. The van der Waals surface area contributed by atoms with Crippen LogP contribution in [0.5, 0.6) is 11.5 Å². The monoisotopic (exact) mass is 540 g/mol. The number of carbonyl (C=O) groups is 1. The summed E-state index contributed by atoms with van der Waals surface area (Å²) < 4.78 is 13.0. The Hall–Kier alpha value is -1.60. The molecular weight excluding hydrogens is 528 g/mol. The lowest BCUT2D eigenvalue weighted by Crippen LogP contribution is -2.00. The van der Waals surface area contributed by atoms with Crippen molar-refractivity contribution >= 4 is 66.7 Å². The Labute approximate surface area is 189 Å². The predicted octanol–water partition coefficient (Wildman–Crippen LogP) is 7.41. The van der Waals surface area contributed by atoms with Gasteiger partial charge in [-0.25, -0.2) is 0 Å². The summed E-state index contributed by atoms with van der Waals surface area (Å²) in [5.74, 6) is 1.37. The topological polar surface area (TPSA) is 35.5 Å². The molecule has 0 bridgehead atoms. The van der Waals surface area contributed by atoms with Gasteiger partial charge in [0, 0.05) is 20.4 Å². The molecule has 1 aromatic heterocycles. The number of thiophene rings is 1. The first-order valence-corrected chi connectivity index (χ1v) is 11.0. The quantitative estimate of drug-likeness (QED) is 0.230. The van der Waals surface area contributed by atoms with Gasteiger partial charge in [0.25, 0.3) is 0 Å². The lowest BCUT2D eigenvalue weighted by atomic mass is 10.1. The summed E-state index contributed by atoms with van der Waals surface area (Å²) in [5, 5.41) is 2.52. The molecule has 0 unspecified atom stereocenters. The van der Waals surface area contributed by atoms with Crippen LogP contribution in [-0.2, 0) is 6.61 Å². The number of halogens is 3. The molecular formula is C21H15Br2ClO3S. The molecule has 0 N–H and O–H groups in total. The van der Waals surface area contributed by atoms with Gasteiger partial charge < -0.3 is 9.47 Å². The Balaban J connectivity index is 1.75. The Morgan fingerprint density at radius 3 is 2.61 bits per heavy atom. The highest BCUT2D eigenvalue weighted by Crippen LogP contribution is 2.30. The summed E-state index contributed by atoms with van der Waals surface area (Å²) in [7, 11) is 1.62. The van der Waals surface area contributed by atoms with E-state index in [9.17, 15) is 4.79 Å². The molecule has 28 heavy (non-hydrogen) atoms. The van der Waals surface area contributed by atoms with Crippen LogP contribution in [-0.4, -0.2) is 12.9 Å². The number of benzene rings is 2. The van der Waals surface area contributed by atoms with Crippen LogP contribution >= 0.6 is 54.8 Å². The highest BCUT2D eigenvalue weighted by atomic mass is 79.9. The van der Waals surface area contributed by atoms with Crippen molar-refractivity contribution in [3.8, 4) is 11.5 Å². The first kappa shape index (κ1) is 21.1. The van der Waals surface area contributed by atoms with Gasteiger partial charge in [-0.15, -0.1) is 11.3 Å². The molecule has 0 saturated carbocycles. The summed E-state index contributed by atoms with van der Waals surface area (Å²) >= 11 is 14.2. The van der Waals surface area contributed by atoms with Crippen LogP contribution < -0.4 is 9.47 Å².